The molecule has 3 aromatic rings. The maximum atomic E-state index is 11.0. The van der Waals surface area contributed by atoms with Crippen LogP contribution < -0.4 is 4.90 Å². The first kappa shape index (κ1) is 22.8. The molecule has 0 saturated carbocycles. The van der Waals surface area contributed by atoms with Crippen LogP contribution in [0.25, 0.3) is 10.1 Å². The summed E-state index contributed by atoms with van der Waals surface area (Å²) in [6, 6.07) is 17.5. The largest absolute Gasteiger partial charge is 0.388 e. The third-order valence-corrected chi connectivity index (χ3v) is 8.08. The lowest BCUT2D eigenvalue weighted by molar-refractivity contribution is 0.0638. The Labute approximate surface area is 201 Å². The molecule has 3 heterocycles. The number of hydrogen-bond acceptors (Lipinski definition) is 6. The van der Waals surface area contributed by atoms with E-state index in [1.807, 2.05) is 0 Å². The number of aliphatic hydroxyl groups excluding tert-OH is 1. The zero-order valence-corrected chi connectivity index (χ0v) is 20.3. The molecule has 5 rings (SSSR count). The molecule has 2 atom stereocenters. The quantitative estimate of drug-likeness (QED) is 0.566. The van der Waals surface area contributed by atoms with E-state index in [0.29, 0.717) is 0 Å². The molecular formula is C27H35N3O2S. The fourth-order valence-corrected chi connectivity index (χ4v) is 6.05. The van der Waals surface area contributed by atoms with E-state index in [-0.39, 0.29) is 5.92 Å². The Bertz CT molecular complexity index is 1020. The Morgan fingerprint density at radius 2 is 1.61 bits per heavy atom. The van der Waals surface area contributed by atoms with Crippen LogP contribution in [0, 0.1) is 5.92 Å². The second-order valence-corrected chi connectivity index (χ2v) is 10.4. The average molecular weight is 466 g/mol. The van der Waals surface area contributed by atoms with Gasteiger partial charge in [-0.1, -0.05) is 37.3 Å². The Kier molecular flexibility index (Phi) is 7.28. The van der Waals surface area contributed by atoms with E-state index in [0.717, 1.165) is 71.1 Å². The van der Waals surface area contributed by atoms with Crippen LogP contribution in [0.2, 0.25) is 0 Å². The number of anilines is 1. The summed E-state index contributed by atoms with van der Waals surface area (Å²) in [5.41, 5.74) is 3.77. The molecule has 2 aliphatic rings. The second-order valence-electron chi connectivity index (χ2n) is 9.45. The highest BCUT2D eigenvalue weighted by molar-refractivity contribution is 7.17. The number of piperazine rings is 1. The predicted molar refractivity (Wildman–Crippen MR) is 137 cm³/mol. The van der Waals surface area contributed by atoms with Crippen molar-refractivity contribution in [2.45, 2.75) is 19.6 Å². The van der Waals surface area contributed by atoms with Crippen LogP contribution in [0.4, 0.5) is 5.69 Å². The van der Waals surface area contributed by atoms with Crippen LogP contribution in [0.3, 0.4) is 0 Å². The Hall–Kier alpha value is -1.96. The van der Waals surface area contributed by atoms with E-state index in [1.54, 1.807) is 11.3 Å². The SMILES string of the molecule is CC(CN1CCN(Cc2ccc(N3CCOCC3)cc2)CC1)C(O)c1csc2ccccc12. The highest BCUT2D eigenvalue weighted by Gasteiger charge is 2.24. The van der Waals surface area contributed by atoms with Crippen molar-refractivity contribution in [2.75, 3.05) is 63.9 Å². The monoisotopic (exact) mass is 465 g/mol. The smallest absolute Gasteiger partial charge is 0.0841 e. The van der Waals surface area contributed by atoms with E-state index in [9.17, 15) is 5.11 Å². The van der Waals surface area contributed by atoms with E-state index < -0.39 is 6.10 Å². The minimum absolute atomic E-state index is 0.210. The van der Waals surface area contributed by atoms with E-state index in [2.05, 4.69) is 75.5 Å². The second kappa shape index (κ2) is 10.5. The molecule has 5 nitrogen and oxygen atoms in total. The van der Waals surface area contributed by atoms with Crippen LogP contribution in [-0.4, -0.2) is 73.9 Å². The van der Waals surface area contributed by atoms with Gasteiger partial charge in [0.2, 0.25) is 0 Å². The Balaban J connectivity index is 1.10. The van der Waals surface area contributed by atoms with Gasteiger partial charge in [0.1, 0.15) is 0 Å². The number of benzene rings is 2. The van der Waals surface area contributed by atoms with Gasteiger partial charge in [-0.05, 0) is 46.0 Å². The molecule has 33 heavy (non-hydrogen) atoms. The van der Waals surface area contributed by atoms with E-state index in [4.69, 9.17) is 4.74 Å². The highest BCUT2D eigenvalue weighted by Crippen LogP contribution is 2.34. The van der Waals surface area contributed by atoms with Gasteiger partial charge in [-0.25, -0.2) is 0 Å². The molecule has 0 spiro atoms. The molecule has 0 radical (unpaired) electrons. The Morgan fingerprint density at radius 3 is 2.36 bits per heavy atom. The van der Waals surface area contributed by atoms with Crippen molar-refractivity contribution < 1.29 is 9.84 Å². The molecule has 0 amide bonds. The van der Waals surface area contributed by atoms with Gasteiger partial charge < -0.3 is 19.6 Å². The molecule has 2 aliphatic heterocycles. The van der Waals surface area contributed by atoms with Gasteiger partial charge in [0, 0.05) is 62.7 Å². The van der Waals surface area contributed by atoms with Crippen LogP contribution in [0.5, 0.6) is 0 Å². The third kappa shape index (κ3) is 5.42. The molecule has 2 aromatic carbocycles. The summed E-state index contributed by atoms with van der Waals surface area (Å²) >= 11 is 1.73. The summed E-state index contributed by atoms with van der Waals surface area (Å²) < 4.78 is 6.72. The summed E-state index contributed by atoms with van der Waals surface area (Å²) in [5, 5.41) is 14.4. The zero-order chi connectivity index (χ0) is 22.6. The van der Waals surface area contributed by atoms with Gasteiger partial charge in [-0.2, -0.15) is 0 Å². The zero-order valence-electron chi connectivity index (χ0n) is 19.5. The topological polar surface area (TPSA) is 39.2 Å². The van der Waals surface area contributed by atoms with Crippen molar-refractivity contribution in [2.24, 2.45) is 5.92 Å². The number of rotatable bonds is 7. The average Bonchev–Trinajstić information content (AvgIpc) is 3.30. The van der Waals surface area contributed by atoms with Crippen LogP contribution >= 0.6 is 11.3 Å². The van der Waals surface area contributed by atoms with Crippen molar-refractivity contribution >= 4 is 27.1 Å². The number of aliphatic hydroxyl groups is 1. The maximum Gasteiger partial charge on any atom is 0.0841 e. The standard InChI is InChI=1S/C27H35N3O2S/c1-21(27(31)25-20-33-26-5-3-2-4-24(25)26)18-28-10-12-29(13-11-28)19-22-6-8-23(9-7-22)30-14-16-32-17-15-30/h2-9,20-21,27,31H,10-19H2,1H3. The lowest BCUT2D eigenvalue weighted by Gasteiger charge is -2.36. The fraction of sp³-hybridized carbons (Fsp3) is 0.481. The van der Waals surface area contributed by atoms with Crippen molar-refractivity contribution in [3.05, 3.63) is 65.0 Å². The van der Waals surface area contributed by atoms with Gasteiger partial charge in [-0.15, -0.1) is 11.3 Å². The van der Waals surface area contributed by atoms with Crippen molar-refractivity contribution in [3.8, 4) is 0 Å². The summed E-state index contributed by atoms with van der Waals surface area (Å²) in [5.74, 6) is 0.210. The van der Waals surface area contributed by atoms with Crippen molar-refractivity contribution in [3.63, 3.8) is 0 Å². The van der Waals surface area contributed by atoms with Gasteiger partial charge >= 0.3 is 0 Å². The molecule has 6 heteroatoms. The first-order chi connectivity index (χ1) is 16.2. The van der Waals surface area contributed by atoms with Crippen molar-refractivity contribution in [1.82, 2.24) is 9.80 Å². The summed E-state index contributed by atoms with van der Waals surface area (Å²) in [6.07, 6.45) is -0.413. The lowest BCUT2D eigenvalue weighted by atomic mass is 9.96. The minimum Gasteiger partial charge on any atom is -0.388 e. The number of morpholine rings is 1. The first-order valence-electron chi connectivity index (χ1n) is 12.2. The van der Waals surface area contributed by atoms with E-state index in [1.165, 1.54) is 21.3 Å². The van der Waals surface area contributed by atoms with Crippen LogP contribution in [0.15, 0.2) is 53.9 Å². The van der Waals surface area contributed by atoms with Gasteiger partial charge in [0.05, 0.1) is 19.3 Å². The molecule has 2 saturated heterocycles. The normalized spacial score (nSPS) is 20.2. The number of fused-ring (bicyclic) bond motifs is 1. The van der Waals surface area contributed by atoms with Crippen molar-refractivity contribution in [1.29, 1.82) is 0 Å². The summed E-state index contributed by atoms with van der Waals surface area (Å²) in [6.45, 7) is 12.0. The molecule has 2 fully saturated rings. The first-order valence-corrected chi connectivity index (χ1v) is 13.1. The molecule has 1 aromatic heterocycles. The molecule has 1 N–H and O–H groups in total. The minimum atomic E-state index is -0.413. The molecule has 0 bridgehead atoms. The molecule has 176 valence electrons. The summed E-state index contributed by atoms with van der Waals surface area (Å²) in [4.78, 5) is 7.47. The van der Waals surface area contributed by atoms with Gasteiger partial charge in [0.25, 0.3) is 0 Å². The number of hydrogen-bond donors (Lipinski definition) is 1. The van der Waals surface area contributed by atoms with Gasteiger partial charge in [-0.3, -0.25) is 4.90 Å². The molecule has 0 aliphatic carbocycles. The van der Waals surface area contributed by atoms with E-state index >= 15 is 0 Å². The summed E-state index contributed by atoms with van der Waals surface area (Å²) in [7, 11) is 0. The number of nitrogens with zero attached hydrogens (tertiary/aromatic N) is 3. The lowest BCUT2D eigenvalue weighted by Crippen LogP contribution is -2.47. The maximum absolute atomic E-state index is 11.0. The van der Waals surface area contributed by atoms with Crippen LogP contribution in [0.1, 0.15) is 24.2 Å². The highest BCUT2D eigenvalue weighted by atomic mass is 32.1. The third-order valence-electron chi connectivity index (χ3n) is 7.10. The fourth-order valence-electron chi connectivity index (χ4n) is 5.06. The number of ether oxygens (including phenoxy) is 1. The Morgan fingerprint density at radius 1 is 0.909 bits per heavy atom. The predicted octanol–water partition coefficient (Wildman–Crippen LogP) is 4.23. The number of thiophene rings is 1. The molecule has 2 unspecified atom stereocenters. The van der Waals surface area contributed by atoms with Crippen LogP contribution in [-0.2, 0) is 11.3 Å². The van der Waals surface area contributed by atoms with Gasteiger partial charge in [0.15, 0.2) is 0 Å². The molecular weight excluding hydrogens is 430 g/mol.